The zero-order valence-electron chi connectivity index (χ0n) is 10.4. The number of piperidine rings is 1. The Kier molecular flexibility index (Phi) is 4.71. The van der Waals surface area contributed by atoms with Gasteiger partial charge in [0.15, 0.2) is 5.17 Å². The second kappa shape index (κ2) is 6.28. The Hall–Kier alpha value is -0.710. The van der Waals surface area contributed by atoms with Gasteiger partial charge in [-0.05, 0) is 32.6 Å². The molecule has 1 unspecified atom stereocenters. The number of likely N-dealkylation sites (tertiary alicyclic amines) is 1. The molecule has 0 radical (unpaired) electrons. The highest BCUT2D eigenvalue weighted by molar-refractivity contribution is 8.13. The van der Waals surface area contributed by atoms with Gasteiger partial charge < -0.3 is 10.2 Å². The van der Waals surface area contributed by atoms with E-state index in [4.69, 9.17) is 0 Å². The topological polar surface area (TPSA) is 44.7 Å². The Bertz CT molecular complexity index is 300. The predicted molar refractivity (Wildman–Crippen MR) is 72.4 cm³/mol. The molecule has 96 valence electrons. The molecule has 1 atom stereocenters. The molecule has 17 heavy (non-hydrogen) atoms. The molecule has 0 spiro atoms. The molecule has 0 aromatic carbocycles. The molecule has 5 heteroatoms. The molecule has 2 fully saturated rings. The van der Waals surface area contributed by atoms with Gasteiger partial charge in [0.2, 0.25) is 5.91 Å². The maximum Gasteiger partial charge on any atom is 0.244 e. The number of carbonyl (C=O) groups excluding carboxylic acids is 1. The third-order valence-corrected chi connectivity index (χ3v) is 4.19. The number of amides is 1. The van der Waals surface area contributed by atoms with Gasteiger partial charge in [-0.25, -0.2) is 0 Å². The molecule has 1 N–H and O–H groups in total. The first-order valence-electron chi connectivity index (χ1n) is 6.47. The minimum atomic E-state index is 0.179. The summed E-state index contributed by atoms with van der Waals surface area (Å²) in [5, 5.41) is 4.26. The molecule has 2 aliphatic rings. The van der Waals surface area contributed by atoms with Crippen LogP contribution in [0.3, 0.4) is 0 Å². The molecule has 0 bridgehead atoms. The monoisotopic (exact) mass is 255 g/mol. The van der Waals surface area contributed by atoms with Gasteiger partial charge in [0.25, 0.3) is 0 Å². The molecular weight excluding hydrogens is 234 g/mol. The van der Waals surface area contributed by atoms with Crippen molar-refractivity contribution in [3.63, 3.8) is 0 Å². The van der Waals surface area contributed by atoms with Gasteiger partial charge in [0.05, 0.1) is 0 Å². The SMILES string of the molecule is CC1CCSC(=NCC(=O)N2CCCCC2)N1. The average Bonchev–Trinajstić information content (AvgIpc) is 2.37. The predicted octanol–water partition coefficient (Wildman–Crippen LogP) is 1.47. The number of carbonyl (C=O) groups is 1. The van der Waals surface area contributed by atoms with Crippen LogP contribution in [0.4, 0.5) is 0 Å². The standard InChI is InChI=1S/C12H21N3OS/c1-10-5-8-17-12(14-10)13-9-11(16)15-6-3-2-4-7-15/h10H,2-9H2,1H3,(H,13,14). The fourth-order valence-electron chi connectivity index (χ4n) is 2.13. The molecular formula is C12H21N3OS. The Morgan fingerprint density at radius 1 is 1.47 bits per heavy atom. The highest BCUT2D eigenvalue weighted by Gasteiger charge is 2.17. The zero-order valence-corrected chi connectivity index (χ0v) is 11.3. The number of hydrogen-bond acceptors (Lipinski definition) is 3. The van der Waals surface area contributed by atoms with Crippen molar-refractivity contribution in [3.8, 4) is 0 Å². The molecule has 1 amide bonds. The van der Waals surface area contributed by atoms with Crippen molar-refractivity contribution in [2.45, 2.75) is 38.6 Å². The molecule has 2 heterocycles. The van der Waals surface area contributed by atoms with Crippen molar-refractivity contribution >= 4 is 22.8 Å². The normalized spacial score (nSPS) is 27.9. The number of thioether (sulfide) groups is 1. The van der Waals surface area contributed by atoms with Crippen molar-refractivity contribution in [2.24, 2.45) is 4.99 Å². The molecule has 0 aliphatic carbocycles. The average molecular weight is 255 g/mol. The van der Waals surface area contributed by atoms with Gasteiger partial charge in [-0.2, -0.15) is 0 Å². The fraction of sp³-hybridized carbons (Fsp3) is 0.833. The molecule has 0 aromatic rings. The van der Waals surface area contributed by atoms with Crippen LogP contribution in [0.1, 0.15) is 32.6 Å². The van der Waals surface area contributed by atoms with Crippen molar-refractivity contribution in [2.75, 3.05) is 25.4 Å². The van der Waals surface area contributed by atoms with Gasteiger partial charge in [-0.3, -0.25) is 9.79 Å². The van der Waals surface area contributed by atoms with E-state index in [1.807, 2.05) is 4.90 Å². The van der Waals surface area contributed by atoms with E-state index in [-0.39, 0.29) is 5.91 Å². The molecule has 2 saturated heterocycles. The van der Waals surface area contributed by atoms with Crippen LogP contribution < -0.4 is 5.32 Å². The summed E-state index contributed by atoms with van der Waals surface area (Å²) < 4.78 is 0. The third-order valence-electron chi connectivity index (χ3n) is 3.23. The Morgan fingerprint density at radius 3 is 2.94 bits per heavy atom. The van der Waals surface area contributed by atoms with Crippen molar-refractivity contribution in [3.05, 3.63) is 0 Å². The maximum atomic E-state index is 11.9. The number of hydrogen-bond donors (Lipinski definition) is 1. The van der Waals surface area contributed by atoms with Gasteiger partial charge in [-0.15, -0.1) is 0 Å². The molecule has 2 aliphatic heterocycles. The van der Waals surface area contributed by atoms with Crippen LogP contribution in [0.2, 0.25) is 0 Å². The van der Waals surface area contributed by atoms with Gasteiger partial charge in [0.1, 0.15) is 6.54 Å². The van der Waals surface area contributed by atoms with Crippen LogP contribution in [-0.4, -0.2) is 47.4 Å². The first-order chi connectivity index (χ1) is 8.25. The lowest BCUT2D eigenvalue weighted by Crippen LogP contribution is -2.39. The summed E-state index contributed by atoms with van der Waals surface area (Å²) >= 11 is 1.72. The quantitative estimate of drug-likeness (QED) is 0.812. The lowest BCUT2D eigenvalue weighted by Gasteiger charge is -2.26. The van der Waals surface area contributed by atoms with Gasteiger partial charge >= 0.3 is 0 Å². The summed E-state index contributed by atoms with van der Waals surface area (Å²) in [5.41, 5.74) is 0. The summed E-state index contributed by atoms with van der Waals surface area (Å²) in [6.45, 7) is 4.30. The number of nitrogens with one attached hydrogen (secondary N) is 1. The summed E-state index contributed by atoms with van der Waals surface area (Å²) in [6.07, 6.45) is 4.72. The second-order valence-electron chi connectivity index (χ2n) is 4.75. The van der Waals surface area contributed by atoms with E-state index >= 15 is 0 Å². The van der Waals surface area contributed by atoms with Crippen LogP contribution in [0.15, 0.2) is 4.99 Å². The first kappa shape index (κ1) is 12.7. The van der Waals surface area contributed by atoms with Gasteiger partial charge in [0, 0.05) is 24.9 Å². The fourth-order valence-corrected chi connectivity index (χ4v) is 3.24. The van der Waals surface area contributed by atoms with Crippen molar-refractivity contribution < 1.29 is 4.79 Å². The summed E-state index contributed by atoms with van der Waals surface area (Å²) in [7, 11) is 0. The van der Waals surface area contributed by atoms with E-state index in [1.165, 1.54) is 12.8 Å². The Morgan fingerprint density at radius 2 is 2.24 bits per heavy atom. The minimum absolute atomic E-state index is 0.179. The Labute approximate surface area is 107 Å². The van der Waals surface area contributed by atoms with E-state index in [2.05, 4.69) is 17.2 Å². The highest BCUT2D eigenvalue weighted by atomic mass is 32.2. The van der Waals surface area contributed by atoms with E-state index in [1.54, 1.807) is 11.8 Å². The van der Waals surface area contributed by atoms with Crippen LogP contribution >= 0.6 is 11.8 Å². The summed E-state index contributed by atoms with van der Waals surface area (Å²) in [5.74, 6) is 1.28. The second-order valence-corrected chi connectivity index (χ2v) is 5.83. The van der Waals surface area contributed by atoms with Gasteiger partial charge in [-0.1, -0.05) is 11.8 Å². The molecule has 0 aromatic heterocycles. The summed E-state index contributed by atoms with van der Waals surface area (Å²) in [4.78, 5) is 18.2. The van der Waals surface area contributed by atoms with E-state index < -0.39 is 0 Å². The third kappa shape index (κ3) is 3.91. The van der Waals surface area contributed by atoms with E-state index in [9.17, 15) is 4.79 Å². The number of aliphatic imine (C=N–C) groups is 1. The number of amidine groups is 1. The molecule has 0 saturated carbocycles. The number of rotatable bonds is 2. The molecule has 2 rings (SSSR count). The van der Waals surface area contributed by atoms with Crippen LogP contribution in [0.25, 0.3) is 0 Å². The van der Waals surface area contributed by atoms with Crippen molar-refractivity contribution in [1.82, 2.24) is 10.2 Å². The van der Waals surface area contributed by atoms with E-state index in [0.29, 0.717) is 12.6 Å². The van der Waals surface area contributed by atoms with E-state index in [0.717, 1.165) is 36.9 Å². The maximum absolute atomic E-state index is 11.9. The minimum Gasteiger partial charge on any atom is -0.362 e. The Balaban J connectivity index is 1.79. The van der Waals surface area contributed by atoms with Crippen LogP contribution in [0.5, 0.6) is 0 Å². The summed E-state index contributed by atoms with van der Waals surface area (Å²) in [6, 6.07) is 0.486. The lowest BCUT2D eigenvalue weighted by molar-refractivity contribution is -0.130. The first-order valence-corrected chi connectivity index (χ1v) is 7.46. The zero-order chi connectivity index (χ0) is 12.1. The molecule has 4 nitrogen and oxygen atoms in total. The van der Waals surface area contributed by atoms with Crippen LogP contribution in [0, 0.1) is 0 Å². The van der Waals surface area contributed by atoms with Crippen LogP contribution in [-0.2, 0) is 4.79 Å². The number of nitrogens with zero attached hydrogens (tertiary/aromatic N) is 2. The van der Waals surface area contributed by atoms with Crippen molar-refractivity contribution in [1.29, 1.82) is 0 Å². The smallest absolute Gasteiger partial charge is 0.244 e. The highest BCUT2D eigenvalue weighted by Crippen LogP contribution is 2.14. The lowest BCUT2D eigenvalue weighted by atomic mass is 10.1. The largest absolute Gasteiger partial charge is 0.362 e.